The van der Waals surface area contributed by atoms with Crippen molar-refractivity contribution in [3.05, 3.63) is 53.9 Å². The third-order valence-electron chi connectivity index (χ3n) is 3.03. The van der Waals surface area contributed by atoms with E-state index in [1.807, 2.05) is 0 Å². The molecule has 0 spiro atoms. The molecule has 108 valence electrons. The van der Waals surface area contributed by atoms with Crippen LogP contribution in [0.1, 0.15) is 27.1 Å². The molecular weight excluding hydrogens is 270 g/mol. The Hall–Kier alpha value is -2.69. The fraction of sp³-hybridized carbons (Fsp3) is 0.188. The molecule has 0 N–H and O–H groups in total. The summed E-state index contributed by atoms with van der Waals surface area (Å²) in [5.41, 5.74) is 0.825. The number of Topliss-reactive ketones (excluding diaryl/α,β-unsaturated/α-hetero) is 2. The molecule has 0 aliphatic heterocycles. The predicted molar refractivity (Wildman–Crippen MR) is 77.1 cm³/mol. The Bertz CT molecular complexity index is 653. The molecule has 0 saturated carbocycles. The van der Waals surface area contributed by atoms with Gasteiger partial charge in [0.1, 0.15) is 11.5 Å². The highest BCUT2D eigenvalue weighted by Crippen LogP contribution is 2.26. The van der Waals surface area contributed by atoms with Gasteiger partial charge >= 0.3 is 0 Å². The maximum atomic E-state index is 12.3. The fourth-order valence-electron chi connectivity index (χ4n) is 1.91. The molecule has 0 aliphatic carbocycles. The molecule has 0 amide bonds. The van der Waals surface area contributed by atoms with Crippen molar-refractivity contribution in [3.63, 3.8) is 0 Å². The van der Waals surface area contributed by atoms with E-state index in [9.17, 15) is 9.59 Å². The van der Waals surface area contributed by atoms with Gasteiger partial charge in [0.25, 0.3) is 0 Å². The van der Waals surface area contributed by atoms with Crippen LogP contribution in [0.15, 0.2) is 42.7 Å². The largest absolute Gasteiger partial charge is 0.497 e. The van der Waals surface area contributed by atoms with E-state index in [4.69, 9.17) is 9.47 Å². The average molecular weight is 285 g/mol. The summed E-state index contributed by atoms with van der Waals surface area (Å²) in [6.45, 7) is 0. The number of aromatic nitrogens is 1. The second kappa shape index (κ2) is 6.65. The first-order valence-corrected chi connectivity index (χ1v) is 6.34. The number of benzene rings is 1. The molecule has 0 aliphatic rings. The maximum absolute atomic E-state index is 12.3. The van der Waals surface area contributed by atoms with Crippen LogP contribution in [0.5, 0.6) is 11.5 Å². The summed E-state index contributed by atoms with van der Waals surface area (Å²) in [6, 6.07) is 8.04. The van der Waals surface area contributed by atoms with Gasteiger partial charge in [-0.1, -0.05) is 0 Å². The highest BCUT2D eigenvalue weighted by molar-refractivity contribution is 6.14. The van der Waals surface area contributed by atoms with Crippen molar-refractivity contribution in [2.45, 2.75) is 6.42 Å². The van der Waals surface area contributed by atoms with Crippen LogP contribution in [-0.4, -0.2) is 30.8 Å². The lowest BCUT2D eigenvalue weighted by atomic mass is 10.0. The topological polar surface area (TPSA) is 65.5 Å². The molecule has 1 aromatic heterocycles. The first kappa shape index (κ1) is 14.7. The Morgan fingerprint density at radius 3 is 2.33 bits per heavy atom. The van der Waals surface area contributed by atoms with Gasteiger partial charge in [0.05, 0.1) is 26.2 Å². The van der Waals surface area contributed by atoms with E-state index in [-0.39, 0.29) is 18.0 Å². The highest BCUT2D eigenvalue weighted by atomic mass is 16.5. The molecule has 5 heteroatoms. The standard InChI is InChI=1S/C16H15NO4/c1-20-12-3-4-13(16(9-12)21-2)15(19)10-14(18)11-5-7-17-8-6-11/h3-9H,10H2,1-2H3. The minimum Gasteiger partial charge on any atom is -0.497 e. The number of ketones is 2. The number of ether oxygens (including phenoxy) is 2. The lowest BCUT2D eigenvalue weighted by molar-refractivity contribution is 0.0892. The zero-order valence-corrected chi connectivity index (χ0v) is 11.8. The Kier molecular flexibility index (Phi) is 4.66. The van der Waals surface area contributed by atoms with Crippen LogP contribution in [0.2, 0.25) is 0 Å². The monoisotopic (exact) mass is 285 g/mol. The molecular formula is C16H15NO4. The first-order chi connectivity index (χ1) is 10.2. The van der Waals surface area contributed by atoms with E-state index in [1.165, 1.54) is 26.6 Å². The summed E-state index contributed by atoms with van der Waals surface area (Å²) in [5, 5.41) is 0. The third-order valence-corrected chi connectivity index (χ3v) is 3.03. The fourth-order valence-corrected chi connectivity index (χ4v) is 1.91. The van der Waals surface area contributed by atoms with E-state index in [0.29, 0.717) is 22.6 Å². The molecule has 0 radical (unpaired) electrons. The maximum Gasteiger partial charge on any atom is 0.174 e. The molecule has 0 atom stereocenters. The zero-order valence-electron chi connectivity index (χ0n) is 11.8. The Morgan fingerprint density at radius 2 is 1.71 bits per heavy atom. The van der Waals surface area contributed by atoms with Crippen molar-refractivity contribution in [2.24, 2.45) is 0 Å². The van der Waals surface area contributed by atoms with Gasteiger partial charge in [-0.15, -0.1) is 0 Å². The van der Waals surface area contributed by atoms with Crippen LogP contribution in [0, 0.1) is 0 Å². The van der Waals surface area contributed by atoms with Crippen LogP contribution in [0.4, 0.5) is 0 Å². The van der Waals surface area contributed by atoms with Gasteiger partial charge in [-0.3, -0.25) is 14.6 Å². The zero-order chi connectivity index (χ0) is 15.2. The predicted octanol–water partition coefficient (Wildman–Crippen LogP) is 2.55. The second-order valence-electron chi connectivity index (χ2n) is 4.33. The van der Waals surface area contributed by atoms with E-state index in [1.54, 1.807) is 30.3 Å². The number of methoxy groups -OCH3 is 2. The van der Waals surface area contributed by atoms with Crippen molar-refractivity contribution < 1.29 is 19.1 Å². The van der Waals surface area contributed by atoms with Gasteiger partial charge in [-0.25, -0.2) is 0 Å². The highest BCUT2D eigenvalue weighted by Gasteiger charge is 2.17. The van der Waals surface area contributed by atoms with Crippen molar-refractivity contribution >= 4 is 11.6 Å². The Morgan fingerprint density at radius 1 is 1.00 bits per heavy atom. The van der Waals surface area contributed by atoms with Crippen LogP contribution < -0.4 is 9.47 Å². The summed E-state index contributed by atoms with van der Waals surface area (Å²) >= 11 is 0. The second-order valence-corrected chi connectivity index (χ2v) is 4.33. The molecule has 2 aromatic rings. The van der Waals surface area contributed by atoms with Crippen molar-refractivity contribution in [2.75, 3.05) is 14.2 Å². The van der Waals surface area contributed by atoms with Gasteiger partial charge in [-0.2, -0.15) is 0 Å². The van der Waals surface area contributed by atoms with Crippen molar-refractivity contribution in [3.8, 4) is 11.5 Å². The van der Waals surface area contributed by atoms with Gasteiger partial charge in [0.15, 0.2) is 11.6 Å². The average Bonchev–Trinajstić information content (AvgIpc) is 2.54. The van der Waals surface area contributed by atoms with Gasteiger partial charge < -0.3 is 9.47 Å². The number of rotatable bonds is 6. The molecule has 0 unspecified atom stereocenters. The van der Waals surface area contributed by atoms with Crippen LogP contribution in [-0.2, 0) is 0 Å². The Labute approximate surface area is 122 Å². The van der Waals surface area contributed by atoms with Gasteiger partial charge in [-0.05, 0) is 24.3 Å². The number of carbonyl (C=O) groups is 2. The molecule has 1 heterocycles. The summed E-state index contributed by atoms with van der Waals surface area (Å²) in [5.74, 6) is 0.433. The quantitative estimate of drug-likeness (QED) is 0.603. The molecule has 5 nitrogen and oxygen atoms in total. The number of carbonyl (C=O) groups excluding carboxylic acids is 2. The number of hydrogen-bond acceptors (Lipinski definition) is 5. The number of pyridine rings is 1. The molecule has 21 heavy (non-hydrogen) atoms. The minimum atomic E-state index is -0.295. The summed E-state index contributed by atoms with van der Waals surface area (Å²) in [4.78, 5) is 28.1. The molecule has 0 saturated heterocycles. The number of hydrogen-bond donors (Lipinski definition) is 0. The van der Waals surface area contributed by atoms with Gasteiger partial charge in [0, 0.05) is 24.0 Å². The normalized spacial score (nSPS) is 10.0. The van der Waals surface area contributed by atoms with Crippen LogP contribution in [0.25, 0.3) is 0 Å². The molecule has 0 bridgehead atoms. The molecule has 1 aromatic carbocycles. The lowest BCUT2D eigenvalue weighted by Gasteiger charge is -2.09. The van der Waals surface area contributed by atoms with E-state index < -0.39 is 0 Å². The third kappa shape index (κ3) is 3.45. The molecule has 2 rings (SSSR count). The smallest absolute Gasteiger partial charge is 0.174 e. The van der Waals surface area contributed by atoms with Crippen molar-refractivity contribution in [1.82, 2.24) is 4.98 Å². The van der Waals surface area contributed by atoms with Crippen molar-refractivity contribution in [1.29, 1.82) is 0 Å². The van der Waals surface area contributed by atoms with Crippen LogP contribution >= 0.6 is 0 Å². The first-order valence-electron chi connectivity index (χ1n) is 6.34. The van der Waals surface area contributed by atoms with Gasteiger partial charge in [0.2, 0.25) is 0 Å². The summed E-state index contributed by atoms with van der Waals surface area (Å²) in [6.07, 6.45) is 2.82. The van der Waals surface area contributed by atoms with E-state index in [0.717, 1.165) is 0 Å². The van der Waals surface area contributed by atoms with Crippen LogP contribution in [0.3, 0.4) is 0 Å². The van der Waals surface area contributed by atoms with E-state index in [2.05, 4.69) is 4.98 Å². The van der Waals surface area contributed by atoms with E-state index >= 15 is 0 Å². The number of nitrogens with zero attached hydrogens (tertiary/aromatic N) is 1. The lowest BCUT2D eigenvalue weighted by Crippen LogP contribution is -2.10. The molecule has 0 fully saturated rings. The SMILES string of the molecule is COc1ccc(C(=O)CC(=O)c2ccncc2)c(OC)c1. The Balaban J connectivity index is 2.19. The minimum absolute atomic E-state index is 0.216. The summed E-state index contributed by atoms with van der Waals surface area (Å²) in [7, 11) is 3.00. The summed E-state index contributed by atoms with van der Waals surface area (Å²) < 4.78 is 10.3.